The highest BCUT2D eigenvalue weighted by atomic mass is 32.1. The smallest absolute Gasteiger partial charge is 0.284 e. The molecule has 0 saturated heterocycles. The fourth-order valence-electron chi connectivity index (χ4n) is 6.51. The number of hydrogen-bond acceptors (Lipinski definition) is 4. The van der Waals surface area contributed by atoms with Crippen LogP contribution in [0, 0.1) is 29.6 Å². The van der Waals surface area contributed by atoms with E-state index in [-0.39, 0.29) is 5.41 Å². The highest BCUT2D eigenvalue weighted by Crippen LogP contribution is 2.74. The highest BCUT2D eigenvalue weighted by molar-refractivity contribution is 7.14. The zero-order chi connectivity index (χ0) is 18.3. The molecular weight excluding hydrogens is 348 g/mol. The minimum absolute atomic E-state index is 0.207. The van der Waals surface area contributed by atoms with Gasteiger partial charge in [0.2, 0.25) is 5.91 Å². The van der Waals surface area contributed by atoms with Crippen LogP contribution in [0.15, 0.2) is 0 Å². The second-order valence-electron chi connectivity index (χ2n) is 9.39. The van der Waals surface area contributed by atoms with Crippen LogP contribution in [0.4, 0.5) is 0 Å². The number of rotatable bonds is 2. The maximum atomic E-state index is 13.5. The van der Waals surface area contributed by atoms with E-state index in [1.807, 2.05) is 11.8 Å². The molecule has 3 saturated carbocycles. The van der Waals surface area contributed by atoms with Crippen LogP contribution in [0.2, 0.25) is 0 Å². The second kappa shape index (κ2) is 5.32. The topological polar surface area (TPSA) is 69.6 Å². The van der Waals surface area contributed by atoms with Gasteiger partial charge in [-0.1, -0.05) is 6.92 Å². The largest absolute Gasteiger partial charge is 0.337 e. The van der Waals surface area contributed by atoms with Crippen molar-refractivity contribution in [2.75, 3.05) is 6.54 Å². The quantitative estimate of drug-likeness (QED) is 0.617. The number of thiophene rings is 1. The first kappa shape index (κ1) is 16.8. The van der Waals surface area contributed by atoms with Crippen molar-refractivity contribution in [1.29, 1.82) is 0 Å². The van der Waals surface area contributed by atoms with E-state index in [1.165, 1.54) is 35.5 Å². The minimum Gasteiger partial charge on any atom is -0.337 e. The molecule has 6 heteroatoms. The summed E-state index contributed by atoms with van der Waals surface area (Å²) in [7, 11) is 0. The molecule has 0 aromatic carbocycles. The standard InChI is InChI=1S/C20H26N2O3S/c1-11-14-9-22(4-3-15(14)26-16(11)17(23)21-25)18(24)19(2)6-12-5-13-8-20(13,7-12)10-19/h12-13,25H,3-10H2,1-2H3,(H,21,23). The Balaban J connectivity index is 1.38. The number of nitrogens with one attached hydrogen (secondary N) is 1. The van der Waals surface area contributed by atoms with Crippen LogP contribution in [0.25, 0.3) is 0 Å². The van der Waals surface area contributed by atoms with E-state index < -0.39 is 5.91 Å². The highest BCUT2D eigenvalue weighted by Gasteiger charge is 2.66. The van der Waals surface area contributed by atoms with Gasteiger partial charge in [-0.3, -0.25) is 14.8 Å². The van der Waals surface area contributed by atoms with Crippen LogP contribution in [0.5, 0.6) is 0 Å². The van der Waals surface area contributed by atoms with Gasteiger partial charge in [-0.05, 0) is 73.8 Å². The minimum atomic E-state index is -0.450. The molecule has 140 valence electrons. The van der Waals surface area contributed by atoms with Gasteiger partial charge in [-0.2, -0.15) is 0 Å². The third-order valence-electron chi connectivity index (χ3n) is 7.58. The summed E-state index contributed by atoms with van der Waals surface area (Å²) in [6.45, 7) is 5.46. The molecule has 0 radical (unpaired) electrons. The molecule has 4 unspecified atom stereocenters. The molecule has 4 atom stereocenters. The molecule has 5 rings (SSSR count). The molecule has 1 aromatic rings. The van der Waals surface area contributed by atoms with Crippen molar-refractivity contribution < 1.29 is 14.8 Å². The Bertz CT molecular complexity index is 818. The number of amides is 2. The molecule has 3 fully saturated rings. The lowest BCUT2D eigenvalue weighted by Crippen LogP contribution is -2.47. The van der Waals surface area contributed by atoms with Crippen molar-refractivity contribution in [3.63, 3.8) is 0 Å². The molecule has 1 aliphatic heterocycles. The van der Waals surface area contributed by atoms with Crippen molar-refractivity contribution in [2.24, 2.45) is 22.7 Å². The maximum Gasteiger partial charge on any atom is 0.284 e. The van der Waals surface area contributed by atoms with E-state index >= 15 is 0 Å². The van der Waals surface area contributed by atoms with Crippen LogP contribution >= 0.6 is 11.3 Å². The van der Waals surface area contributed by atoms with Crippen LogP contribution in [0.1, 0.15) is 64.7 Å². The number of carbonyl (C=O) groups is 2. The number of carbonyl (C=O) groups excluding carboxylic acids is 2. The number of nitrogens with zero attached hydrogens (tertiary/aromatic N) is 1. The van der Waals surface area contributed by atoms with Crippen LogP contribution in [-0.2, 0) is 17.8 Å². The molecular formula is C20H26N2O3S. The monoisotopic (exact) mass is 374 g/mol. The third kappa shape index (κ3) is 2.24. The van der Waals surface area contributed by atoms with Crippen LogP contribution < -0.4 is 5.48 Å². The predicted octanol–water partition coefficient (Wildman–Crippen LogP) is 3.28. The SMILES string of the molecule is Cc1c(C(=O)NO)sc2c1CN(C(=O)C1(C)CC3CC4CC4(C3)C1)CC2. The van der Waals surface area contributed by atoms with Crippen molar-refractivity contribution in [1.82, 2.24) is 10.4 Å². The van der Waals surface area contributed by atoms with E-state index in [1.54, 1.807) is 5.48 Å². The zero-order valence-corrected chi connectivity index (χ0v) is 16.2. The van der Waals surface area contributed by atoms with Gasteiger partial charge in [0, 0.05) is 23.4 Å². The Morgan fingerprint density at radius 2 is 2.12 bits per heavy atom. The normalized spacial score (nSPS) is 37.1. The lowest BCUT2D eigenvalue weighted by Gasteiger charge is -2.42. The lowest BCUT2D eigenvalue weighted by molar-refractivity contribution is -0.146. The summed E-state index contributed by atoms with van der Waals surface area (Å²) in [6.07, 6.45) is 6.97. The molecule has 2 N–H and O–H groups in total. The van der Waals surface area contributed by atoms with Gasteiger partial charge in [0.25, 0.3) is 5.91 Å². The first-order valence-corrected chi connectivity index (χ1v) is 10.5. The van der Waals surface area contributed by atoms with E-state index in [2.05, 4.69) is 6.92 Å². The maximum absolute atomic E-state index is 13.5. The van der Waals surface area contributed by atoms with Gasteiger partial charge in [0.1, 0.15) is 0 Å². The van der Waals surface area contributed by atoms with Gasteiger partial charge in [-0.15, -0.1) is 11.3 Å². The van der Waals surface area contributed by atoms with Gasteiger partial charge < -0.3 is 4.90 Å². The van der Waals surface area contributed by atoms with Gasteiger partial charge >= 0.3 is 0 Å². The van der Waals surface area contributed by atoms with Crippen molar-refractivity contribution >= 4 is 23.2 Å². The summed E-state index contributed by atoms with van der Waals surface area (Å²) in [5.41, 5.74) is 4.05. The summed E-state index contributed by atoms with van der Waals surface area (Å²) in [5, 5.41) is 8.94. The average Bonchev–Trinajstić information content (AvgIpc) is 3.01. The van der Waals surface area contributed by atoms with Crippen LogP contribution in [0.3, 0.4) is 0 Å². The Morgan fingerprint density at radius 3 is 2.85 bits per heavy atom. The molecule has 1 aromatic heterocycles. The van der Waals surface area contributed by atoms with Gasteiger partial charge in [0.15, 0.2) is 0 Å². The van der Waals surface area contributed by atoms with E-state index in [9.17, 15) is 9.59 Å². The zero-order valence-electron chi connectivity index (χ0n) is 15.4. The fourth-order valence-corrected chi connectivity index (χ4v) is 7.71. The summed E-state index contributed by atoms with van der Waals surface area (Å²) >= 11 is 1.45. The number of hydroxylamine groups is 1. The van der Waals surface area contributed by atoms with Crippen LogP contribution in [-0.4, -0.2) is 28.5 Å². The number of hydrogen-bond donors (Lipinski definition) is 2. The molecule has 1 spiro atoms. The molecule has 5 nitrogen and oxygen atoms in total. The molecule has 4 aliphatic rings. The Kier molecular flexibility index (Phi) is 3.43. The lowest BCUT2D eigenvalue weighted by atomic mass is 9.66. The Morgan fingerprint density at radius 1 is 1.31 bits per heavy atom. The predicted molar refractivity (Wildman–Crippen MR) is 98.0 cm³/mol. The van der Waals surface area contributed by atoms with E-state index in [0.717, 1.165) is 48.8 Å². The van der Waals surface area contributed by atoms with E-state index in [0.29, 0.717) is 22.7 Å². The summed E-state index contributed by atoms with van der Waals surface area (Å²) in [6, 6.07) is 0. The third-order valence-corrected chi connectivity index (χ3v) is 8.97. The molecule has 2 amide bonds. The Labute approximate surface area is 157 Å². The van der Waals surface area contributed by atoms with E-state index in [4.69, 9.17) is 5.21 Å². The fraction of sp³-hybridized carbons (Fsp3) is 0.700. The summed E-state index contributed by atoms with van der Waals surface area (Å²) < 4.78 is 0. The average molecular weight is 375 g/mol. The second-order valence-corrected chi connectivity index (χ2v) is 10.5. The van der Waals surface area contributed by atoms with Crippen molar-refractivity contribution in [3.8, 4) is 0 Å². The first-order valence-electron chi connectivity index (χ1n) is 9.70. The first-order chi connectivity index (χ1) is 12.3. The van der Waals surface area contributed by atoms with Crippen molar-refractivity contribution in [2.45, 2.75) is 58.9 Å². The molecule has 26 heavy (non-hydrogen) atoms. The number of fused-ring (bicyclic) bond motifs is 2. The Hall–Kier alpha value is -1.40. The molecule has 3 aliphatic carbocycles. The van der Waals surface area contributed by atoms with Gasteiger partial charge in [-0.25, -0.2) is 5.48 Å². The van der Waals surface area contributed by atoms with Crippen molar-refractivity contribution in [3.05, 3.63) is 20.9 Å². The summed E-state index contributed by atoms with van der Waals surface area (Å²) in [5.74, 6) is 1.52. The molecule has 2 bridgehead atoms. The molecule has 2 heterocycles. The van der Waals surface area contributed by atoms with Gasteiger partial charge in [0.05, 0.1) is 4.88 Å². The summed E-state index contributed by atoms with van der Waals surface area (Å²) in [4.78, 5) is 29.1.